The van der Waals surface area contributed by atoms with Gasteiger partial charge in [0.15, 0.2) is 0 Å². The molecule has 0 unspecified atom stereocenters. The number of halogens is 1. The number of benzene rings is 1. The van der Waals surface area contributed by atoms with Crippen LogP contribution in [0.25, 0.3) is 0 Å². The van der Waals surface area contributed by atoms with Crippen LogP contribution in [0.2, 0.25) is 0 Å². The lowest BCUT2D eigenvalue weighted by Crippen LogP contribution is -2.36. The van der Waals surface area contributed by atoms with Crippen LogP contribution in [0.3, 0.4) is 0 Å². The molecule has 0 N–H and O–H groups in total. The molecule has 0 radical (unpaired) electrons. The van der Waals surface area contributed by atoms with Crippen molar-refractivity contribution in [2.45, 2.75) is 46.0 Å². The molecule has 24 heavy (non-hydrogen) atoms. The van der Waals surface area contributed by atoms with Crippen molar-refractivity contribution in [3.8, 4) is 0 Å². The van der Waals surface area contributed by atoms with Gasteiger partial charge in [-0.15, -0.1) is 0 Å². The molecular weight excluding hydrogens is 305 g/mol. The largest absolute Gasteiger partial charge is 0.305 e. The Balaban J connectivity index is 1.95. The van der Waals surface area contributed by atoms with E-state index in [0.717, 1.165) is 24.0 Å². The number of hydrogen-bond acceptors (Lipinski definition) is 3. The van der Waals surface area contributed by atoms with Crippen molar-refractivity contribution in [2.75, 3.05) is 11.4 Å². The molecule has 3 rings (SSSR count). The highest BCUT2D eigenvalue weighted by Crippen LogP contribution is 2.32. The highest BCUT2D eigenvalue weighted by atomic mass is 19.1. The van der Waals surface area contributed by atoms with Crippen LogP contribution >= 0.6 is 0 Å². The molecule has 1 aliphatic heterocycles. The molecule has 0 saturated heterocycles. The Morgan fingerprint density at radius 3 is 2.50 bits per heavy atom. The van der Waals surface area contributed by atoms with Crippen LogP contribution in [0.4, 0.5) is 10.1 Å². The Hall–Kier alpha value is -2.30. The summed E-state index contributed by atoms with van der Waals surface area (Å²) in [7, 11) is 0. The summed E-state index contributed by atoms with van der Waals surface area (Å²) in [6.45, 7) is 8.42. The maximum atomic E-state index is 14.5. The summed E-state index contributed by atoms with van der Waals surface area (Å²) in [6, 6.07) is 3.43. The third-order valence-electron chi connectivity index (χ3n) is 4.20. The summed E-state index contributed by atoms with van der Waals surface area (Å²) < 4.78 is 14.5. The second-order valence-corrected chi connectivity index (χ2v) is 7.36. The van der Waals surface area contributed by atoms with Crippen molar-refractivity contribution in [2.24, 2.45) is 0 Å². The molecule has 0 saturated carbocycles. The summed E-state index contributed by atoms with van der Waals surface area (Å²) >= 11 is 0. The van der Waals surface area contributed by atoms with Gasteiger partial charge in [-0.25, -0.2) is 14.4 Å². The first-order valence-corrected chi connectivity index (χ1v) is 8.21. The van der Waals surface area contributed by atoms with Crippen LogP contribution < -0.4 is 4.90 Å². The predicted molar refractivity (Wildman–Crippen MR) is 91.9 cm³/mol. The predicted octanol–water partition coefficient (Wildman–Crippen LogP) is 3.81. The molecule has 1 aromatic heterocycles. The molecule has 2 heterocycles. The SMILES string of the molecule is Cc1cc(F)c2c(c1)CCCN2C(=O)c1cnc(C(C)(C)C)nc1. The lowest BCUT2D eigenvalue weighted by molar-refractivity contribution is 0.0983. The number of hydrogen-bond donors (Lipinski definition) is 0. The van der Waals surface area contributed by atoms with E-state index in [9.17, 15) is 9.18 Å². The monoisotopic (exact) mass is 327 g/mol. The van der Waals surface area contributed by atoms with Crippen molar-refractivity contribution in [1.29, 1.82) is 0 Å². The van der Waals surface area contributed by atoms with Gasteiger partial charge < -0.3 is 4.90 Å². The number of rotatable bonds is 1. The highest BCUT2D eigenvalue weighted by molar-refractivity contribution is 6.06. The number of carbonyl (C=O) groups is 1. The zero-order valence-corrected chi connectivity index (χ0v) is 14.6. The summed E-state index contributed by atoms with van der Waals surface area (Å²) in [5, 5.41) is 0. The molecule has 0 aliphatic carbocycles. The van der Waals surface area contributed by atoms with Gasteiger partial charge in [0, 0.05) is 24.4 Å². The maximum Gasteiger partial charge on any atom is 0.261 e. The van der Waals surface area contributed by atoms with E-state index in [1.807, 2.05) is 33.8 Å². The van der Waals surface area contributed by atoms with Gasteiger partial charge in [0.1, 0.15) is 11.6 Å². The van der Waals surface area contributed by atoms with Crippen molar-refractivity contribution < 1.29 is 9.18 Å². The van der Waals surface area contributed by atoms with E-state index < -0.39 is 0 Å². The van der Waals surface area contributed by atoms with Gasteiger partial charge in [0.2, 0.25) is 0 Å². The van der Waals surface area contributed by atoms with Gasteiger partial charge >= 0.3 is 0 Å². The molecule has 1 aromatic carbocycles. The van der Waals surface area contributed by atoms with E-state index in [-0.39, 0.29) is 17.1 Å². The lowest BCUT2D eigenvalue weighted by Gasteiger charge is -2.30. The number of aromatic nitrogens is 2. The van der Waals surface area contributed by atoms with E-state index in [1.54, 1.807) is 0 Å². The molecule has 126 valence electrons. The van der Waals surface area contributed by atoms with E-state index in [0.29, 0.717) is 23.6 Å². The fourth-order valence-corrected chi connectivity index (χ4v) is 3.02. The van der Waals surface area contributed by atoms with Crippen LogP contribution in [0.1, 0.15) is 54.5 Å². The Bertz CT molecular complexity index is 778. The van der Waals surface area contributed by atoms with Crippen LogP contribution in [-0.4, -0.2) is 22.4 Å². The average molecular weight is 327 g/mol. The van der Waals surface area contributed by atoms with Crippen LogP contribution in [0.5, 0.6) is 0 Å². The minimum absolute atomic E-state index is 0.178. The van der Waals surface area contributed by atoms with Gasteiger partial charge in [0.05, 0.1) is 11.3 Å². The molecule has 0 bridgehead atoms. The molecule has 4 nitrogen and oxygen atoms in total. The number of fused-ring (bicyclic) bond motifs is 1. The van der Waals surface area contributed by atoms with Gasteiger partial charge in [-0.05, 0) is 37.0 Å². The molecule has 5 heteroatoms. The number of nitrogens with zero attached hydrogens (tertiary/aromatic N) is 3. The third-order valence-corrected chi connectivity index (χ3v) is 4.20. The maximum absolute atomic E-state index is 14.5. The van der Waals surface area contributed by atoms with Gasteiger partial charge in [-0.1, -0.05) is 26.8 Å². The summed E-state index contributed by atoms with van der Waals surface area (Å²) in [5.41, 5.74) is 2.37. The van der Waals surface area contributed by atoms with Gasteiger partial charge in [0.25, 0.3) is 5.91 Å². The standard InChI is InChI=1S/C19H22FN3O/c1-12-8-13-6-5-7-23(16(13)15(20)9-12)17(24)14-10-21-18(22-11-14)19(2,3)4/h8-11H,5-7H2,1-4H3. The van der Waals surface area contributed by atoms with E-state index >= 15 is 0 Å². The van der Waals surface area contributed by atoms with Crippen LogP contribution in [0, 0.1) is 12.7 Å². The first-order chi connectivity index (χ1) is 11.3. The Morgan fingerprint density at radius 2 is 1.88 bits per heavy atom. The molecule has 0 fully saturated rings. The second-order valence-electron chi connectivity index (χ2n) is 7.36. The average Bonchev–Trinajstić information content (AvgIpc) is 2.52. The Kier molecular flexibility index (Phi) is 4.11. The zero-order valence-electron chi connectivity index (χ0n) is 14.6. The lowest BCUT2D eigenvalue weighted by atomic mass is 9.95. The minimum Gasteiger partial charge on any atom is -0.305 e. The summed E-state index contributed by atoms with van der Waals surface area (Å²) in [4.78, 5) is 23.0. The number of anilines is 1. The minimum atomic E-state index is -0.342. The number of amides is 1. The van der Waals surface area contributed by atoms with Crippen molar-refractivity contribution >= 4 is 11.6 Å². The molecule has 0 spiro atoms. The zero-order chi connectivity index (χ0) is 17.5. The van der Waals surface area contributed by atoms with Crippen molar-refractivity contribution in [3.05, 3.63) is 52.9 Å². The fraction of sp³-hybridized carbons (Fsp3) is 0.421. The normalized spacial score (nSPS) is 14.5. The Morgan fingerprint density at radius 1 is 1.21 bits per heavy atom. The Labute approximate surface area is 141 Å². The quantitative estimate of drug-likeness (QED) is 0.800. The molecule has 0 atom stereocenters. The summed E-state index contributed by atoms with van der Waals surface area (Å²) in [6.07, 6.45) is 4.69. The highest BCUT2D eigenvalue weighted by Gasteiger charge is 2.27. The first-order valence-electron chi connectivity index (χ1n) is 8.21. The van der Waals surface area contributed by atoms with Gasteiger partial charge in [-0.2, -0.15) is 0 Å². The fourth-order valence-electron chi connectivity index (χ4n) is 3.02. The summed E-state index contributed by atoms with van der Waals surface area (Å²) in [5.74, 6) is 0.0874. The van der Waals surface area contributed by atoms with Crippen molar-refractivity contribution in [1.82, 2.24) is 9.97 Å². The molecular formula is C19H22FN3O. The van der Waals surface area contributed by atoms with Crippen molar-refractivity contribution in [3.63, 3.8) is 0 Å². The van der Waals surface area contributed by atoms with E-state index in [4.69, 9.17) is 0 Å². The molecule has 1 amide bonds. The molecule has 2 aromatic rings. The van der Waals surface area contributed by atoms with Crippen LogP contribution in [0.15, 0.2) is 24.5 Å². The van der Waals surface area contributed by atoms with Gasteiger partial charge in [-0.3, -0.25) is 4.79 Å². The first kappa shape index (κ1) is 16.6. The van der Waals surface area contributed by atoms with E-state index in [1.165, 1.54) is 23.4 Å². The topological polar surface area (TPSA) is 46.1 Å². The smallest absolute Gasteiger partial charge is 0.261 e. The number of aryl methyl sites for hydroxylation is 2. The van der Waals surface area contributed by atoms with Crippen LogP contribution in [-0.2, 0) is 11.8 Å². The molecule has 1 aliphatic rings. The second kappa shape index (κ2) is 5.96. The van der Waals surface area contributed by atoms with E-state index in [2.05, 4.69) is 9.97 Å². The number of carbonyl (C=O) groups excluding carboxylic acids is 1. The third kappa shape index (κ3) is 3.03.